The molecule has 1 aromatic heterocycles. The molecule has 0 fully saturated rings. The fourth-order valence-electron chi connectivity index (χ4n) is 2.47. The minimum atomic E-state index is -1.13. The average molecular weight is 329 g/mol. The van der Waals surface area contributed by atoms with E-state index in [1.165, 1.54) is 18.2 Å². The Labute approximate surface area is 139 Å². The molecule has 0 aliphatic carbocycles. The molecule has 0 unspecified atom stereocenters. The summed E-state index contributed by atoms with van der Waals surface area (Å²) in [7, 11) is 0. The van der Waals surface area contributed by atoms with Gasteiger partial charge in [-0.3, -0.25) is 4.68 Å². The molecule has 7 heteroatoms. The van der Waals surface area contributed by atoms with E-state index in [0.717, 1.165) is 11.4 Å². The standard InChI is InChI=1S/C17H19N3O4/c1-3-14-16(15(4-2)20(19-14)5-6-21)24-13-8-11(10-18)7-12(9-13)17(22)23/h7-9,21H,3-6H2,1-2H3,(H,22,23). The molecule has 0 bridgehead atoms. The van der Waals surface area contributed by atoms with Gasteiger partial charge in [-0.2, -0.15) is 10.4 Å². The molecule has 0 aliphatic heterocycles. The molecule has 0 saturated carbocycles. The second-order valence-electron chi connectivity index (χ2n) is 5.14. The first-order valence-corrected chi connectivity index (χ1v) is 7.69. The minimum Gasteiger partial charge on any atom is -0.478 e. The normalized spacial score (nSPS) is 10.4. The van der Waals surface area contributed by atoms with Gasteiger partial charge in [0.2, 0.25) is 0 Å². The Balaban J connectivity index is 2.49. The first kappa shape index (κ1) is 17.5. The van der Waals surface area contributed by atoms with Gasteiger partial charge in [0.1, 0.15) is 11.4 Å². The monoisotopic (exact) mass is 329 g/mol. The highest BCUT2D eigenvalue weighted by Crippen LogP contribution is 2.31. The lowest BCUT2D eigenvalue weighted by molar-refractivity contribution is 0.0696. The maximum absolute atomic E-state index is 11.2. The summed E-state index contributed by atoms with van der Waals surface area (Å²) in [6.07, 6.45) is 1.27. The Bertz CT molecular complexity index is 790. The molecule has 2 rings (SSSR count). The van der Waals surface area contributed by atoms with E-state index in [1.807, 2.05) is 19.9 Å². The Hall–Kier alpha value is -2.85. The second kappa shape index (κ2) is 7.62. The van der Waals surface area contributed by atoms with Crippen LogP contribution in [0.15, 0.2) is 18.2 Å². The zero-order chi connectivity index (χ0) is 17.7. The number of carbonyl (C=O) groups is 1. The van der Waals surface area contributed by atoms with Gasteiger partial charge in [-0.15, -0.1) is 0 Å². The molecule has 0 amide bonds. The van der Waals surface area contributed by atoms with Gasteiger partial charge in [0.05, 0.1) is 36.0 Å². The Morgan fingerprint density at radius 3 is 2.62 bits per heavy atom. The van der Waals surface area contributed by atoms with Gasteiger partial charge in [0, 0.05) is 0 Å². The summed E-state index contributed by atoms with van der Waals surface area (Å²) < 4.78 is 7.60. The van der Waals surface area contributed by atoms with Crippen LogP contribution in [-0.2, 0) is 19.4 Å². The lowest BCUT2D eigenvalue weighted by atomic mass is 10.1. The molecule has 24 heavy (non-hydrogen) atoms. The van der Waals surface area contributed by atoms with E-state index < -0.39 is 5.97 Å². The molecule has 126 valence electrons. The molecule has 2 N–H and O–H groups in total. The molecule has 0 saturated heterocycles. The van der Waals surface area contributed by atoms with Crippen molar-refractivity contribution in [3.63, 3.8) is 0 Å². The summed E-state index contributed by atoms with van der Waals surface area (Å²) in [5.41, 5.74) is 1.74. The highest BCUT2D eigenvalue weighted by molar-refractivity contribution is 5.88. The van der Waals surface area contributed by atoms with Crippen LogP contribution in [0.2, 0.25) is 0 Å². The van der Waals surface area contributed by atoms with E-state index in [0.29, 0.717) is 25.1 Å². The Morgan fingerprint density at radius 1 is 1.33 bits per heavy atom. The highest BCUT2D eigenvalue weighted by Gasteiger charge is 2.18. The number of aromatic nitrogens is 2. The van der Waals surface area contributed by atoms with E-state index in [1.54, 1.807) is 4.68 Å². The van der Waals surface area contributed by atoms with Crippen molar-refractivity contribution in [1.29, 1.82) is 5.26 Å². The number of nitriles is 1. The number of aliphatic hydroxyl groups excluding tert-OH is 1. The predicted molar refractivity (Wildman–Crippen MR) is 86.3 cm³/mol. The number of carboxylic acids is 1. The fourth-order valence-corrected chi connectivity index (χ4v) is 2.47. The number of hydrogen-bond donors (Lipinski definition) is 2. The highest BCUT2D eigenvalue weighted by atomic mass is 16.5. The van der Waals surface area contributed by atoms with Crippen LogP contribution in [0.1, 0.15) is 41.2 Å². The first-order chi connectivity index (χ1) is 11.5. The van der Waals surface area contributed by atoms with Crippen molar-refractivity contribution in [2.24, 2.45) is 0 Å². The van der Waals surface area contributed by atoms with E-state index in [9.17, 15) is 4.79 Å². The van der Waals surface area contributed by atoms with Crippen molar-refractivity contribution < 1.29 is 19.7 Å². The molecule has 0 atom stereocenters. The summed E-state index contributed by atoms with van der Waals surface area (Å²) in [6.45, 7) is 4.21. The van der Waals surface area contributed by atoms with Crippen molar-refractivity contribution in [3.8, 4) is 17.6 Å². The number of benzene rings is 1. The number of aliphatic hydroxyl groups is 1. The van der Waals surface area contributed by atoms with Gasteiger partial charge in [0.25, 0.3) is 0 Å². The van der Waals surface area contributed by atoms with Crippen LogP contribution in [0.3, 0.4) is 0 Å². The van der Waals surface area contributed by atoms with Crippen LogP contribution in [0.4, 0.5) is 0 Å². The van der Waals surface area contributed by atoms with E-state index in [-0.39, 0.29) is 23.5 Å². The number of aromatic carboxylic acids is 1. The van der Waals surface area contributed by atoms with Gasteiger partial charge in [-0.25, -0.2) is 4.79 Å². The molecule has 1 aromatic carbocycles. The summed E-state index contributed by atoms with van der Waals surface area (Å²) >= 11 is 0. The molecule has 0 spiro atoms. The van der Waals surface area contributed by atoms with Crippen molar-refractivity contribution >= 4 is 5.97 Å². The van der Waals surface area contributed by atoms with Gasteiger partial charge in [-0.1, -0.05) is 13.8 Å². The smallest absolute Gasteiger partial charge is 0.335 e. The third-order valence-electron chi connectivity index (χ3n) is 3.56. The molecule has 2 aromatic rings. The van der Waals surface area contributed by atoms with Gasteiger partial charge < -0.3 is 14.9 Å². The van der Waals surface area contributed by atoms with Gasteiger partial charge >= 0.3 is 5.97 Å². The maximum Gasteiger partial charge on any atom is 0.335 e. The lowest BCUT2D eigenvalue weighted by Gasteiger charge is -2.10. The number of aryl methyl sites for hydroxylation is 1. The summed E-state index contributed by atoms with van der Waals surface area (Å²) in [4.78, 5) is 11.2. The third kappa shape index (κ3) is 3.55. The first-order valence-electron chi connectivity index (χ1n) is 7.69. The van der Waals surface area contributed by atoms with Crippen LogP contribution in [0.5, 0.6) is 11.5 Å². The predicted octanol–water partition coefficient (Wildman–Crippen LogP) is 2.36. The number of nitrogens with zero attached hydrogens (tertiary/aromatic N) is 3. The lowest BCUT2D eigenvalue weighted by Crippen LogP contribution is -2.08. The van der Waals surface area contributed by atoms with Crippen molar-refractivity contribution in [1.82, 2.24) is 9.78 Å². The third-order valence-corrected chi connectivity index (χ3v) is 3.56. The van der Waals surface area contributed by atoms with Crippen LogP contribution < -0.4 is 4.74 Å². The SMILES string of the molecule is CCc1nn(CCO)c(CC)c1Oc1cc(C#N)cc(C(=O)O)c1. The van der Waals surface area contributed by atoms with E-state index in [4.69, 9.17) is 20.2 Å². The zero-order valence-electron chi connectivity index (χ0n) is 13.6. The summed E-state index contributed by atoms with van der Waals surface area (Å²) in [5, 5.41) is 31.8. The van der Waals surface area contributed by atoms with Crippen molar-refractivity contribution in [3.05, 3.63) is 40.7 Å². The Morgan fingerprint density at radius 2 is 2.08 bits per heavy atom. The molecule has 0 aliphatic rings. The number of carboxylic acid groups (broad SMARTS) is 1. The van der Waals surface area contributed by atoms with Crippen molar-refractivity contribution in [2.75, 3.05) is 6.61 Å². The largest absolute Gasteiger partial charge is 0.478 e. The molecule has 1 heterocycles. The van der Waals surface area contributed by atoms with Crippen LogP contribution in [0.25, 0.3) is 0 Å². The average Bonchev–Trinajstić information content (AvgIpc) is 2.91. The maximum atomic E-state index is 11.2. The molecular weight excluding hydrogens is 310 g/mol. The number of hydrogen-bond acceptors (Lipinski definition) is 5. The van der Waals surface area contributed by atoms with E-state index >= 15 is 0 Å². The van der Waals surface area contributed by atoms with Crippen LogP contribution in [0, 0.1) is 11.3 Å². The van der Waals surface area contributed by atoms with Crippen molar-refractivity contribution in [2.45, 2.75) is 33.2 Å². The van der Waals surface area contributed by atoms with E-state index in [2.05, 4.69) is 5.10 Å². The number of ether oxygens (including phenoxy) is 1. The summed E-state index contributed by atoms with van der Waals surface area (Å²) in [5.74, 6) is -0.293. The topological polar surface area (TPSA) is 108 Å². The molecular formula is C17H19N3O4. The quantitative estimate of drug-likeness (QED) is 0.807. The molecule has 7 nitrogen and oxygen atoms in total. The van der Waals surface area contributed by atoms with Crippen LogP contribution >= 0.6 is 0 Å². The minimum absolute atomic E-state index is 0.0112. The van der Waals surface area contributed by atoms with Gasteiger partial charge in [-0.05, 0) is 31.0 Å². The molecule has 0 radical (unpaired) electrons. The number of rotatable bonds is 7. The zero-order valence-corrected chi connectivity index (χ0v) is 13.6. The Kier molecular flexibility index (Phi) is 5.55. The second-order valence-corrected chi connectivity index (χ2v) is 5.14. The fraction of sp³-hybridized carbons (Fsp3) is 0.353. The summed E-state index contributed by atoms with van der Waals surface area (Å²) in [6, 6.07) is 6.11. The van der Waals surface area contributed by atoms with Gasteiger partial charge in [0.15, 0.2) is 5.75 Å². The van der Waals surface area contributed by atoms with Crippen LogP contribution in [-0.4, -0.2) is 32.6 Å².